The minimum absolute atomic E-state index is 0.0583. The minimum Gasteiger partial charge on any atom is -0.426 e. The van der Waals surface area contributed by atoms with Crippen LogP contribution < -0.4 is 10.1 Å². The van der Waals surface area contributed by atoms with Crippen LogP contribution in [-0.2, 0) is 19.1 Å². The molecule has 0 bridgehead atoms. The number of rotatable bonds is 9. The predicted molar refractivity (Wildman–Crippen MR) is 162 cm³/mol. The van der Waals surface area contributed by atoms with Crippen molar-refractivity contribution in [1.82, 2.24) is 5.32 Å². The van der Waals surface area contributed by atoms with Gasteiger partial charge in [0.25, 0.3) is 0 Å². The molecule has 0 amide bonds. The Balaban J connectivity index is 1.36. The number of esters is 2. The summed E-state index contributed by atoms with van der Waals surface area (Å²) in [5, 5.41) is 3.25. The minimum atomic E-state index is -0.947. The summed E-state index contributed by atoms with van der Waals surface area (Å²) >= 11 is 3.39. The lowest BCUT2D eigenvalue weighted by molar-refractivity contribution is -0.182. The van der Waals surface area contributed by atoms with Crippen LogP contribution in [0.15, 0.2) is 95.1 Å². The van der Waals surface area contributed by atoms with Crippen LogP contribution in [0.5, 0.6) is 5.75 Å². The molecule has 1 heterocycles. The van der Waals surface area contributed by atoms with Crippen LogP contribution in [-0.4, -0.2) is 24.3 Å². The van der Waals surface area contributed by atoms with Gasteiger partial charge in [0.2, 0.25) is 6.29 Å². The molecule has 6 nitrogen and oxygen atoms in total. The molecule has 0 spiro atoms. The third kappa shape index (κ3) is 6.91. The average Bonchev–Trinajstić information content (AvgIpc) is 3.24. The third-order valence-corrected chi connectivity index (χ3v) is 8.72. The molecule has 1 saturated carbocycles. The number of carbonyl (C=O) groups is 2. The Morgan fingerprint density at radius 2 is 1.56 bits per heavy atom. The van der Waals surface area contributed by atoms with Gasteiger partial charge in [-0.15, -0.1) is 0 Å². The number of halogens is 1. The van der Waals surface area contributed by atoms with Crippen LogP contribution in [0.3, 0.4) is 0 Å². The maximum atomic E-state index is 13.6. The zero-order chi connectivity index (χ0) is 28.9. The Kier molecular flexibility index (Phi) is 9.25. The van der Waals surface area contributed by atoms with Gasteiger partial charge in [0.05, 0.1) is 6.10 Å². The quantitative estimate of drug-likeness (QED) is 0.197. The zero-order valence-electron chi connectivity index (χ0n) is 23.6. The summed E-state index contributed by atoms with van der Waals surface area (Å²) < 4.78 is 18.2. The topological polar surface area (TPSA) is 73.9 Å². The van der Waals surface area contributed by atoms with E-state index in [0.29, 0.717) is 34.8 Å². The van der Waals surface area contributed by atoms with E-state index in [2.05, 4.69) is 42.0 Å². The van der Waals surface area contributed by atoms with Crippen molar-refractivity contribution >= 4 is 27.9 Å². The fraction of sp³-hybridized carbons (Fsp3) is 0.353. The lowest BCUT2D eigenvalue weighted by atomic mass is 9.75. The molecule has 5 atom stereocenters. The van der Waals surface area contributed by atoms with Crippen LogP contribution >= 0.6 is 15.9 Å². The molecule has 1 N–H and O–H groups in total. The van der Waals surface area contributed by atoms with Gasteiger partial charge in [-0.05, 0) is 75.3 Å². The van der Waals surface area contributed by atoms with Crippen LogP contribution in [0, 0.1) is 17.8 Å². The van der Waals surface area contributed by atoms with Crippen molar-refractivity contribution in [3.05, 3.63) is 101 Å². The first kappa shape index (κ1) is 29.1. The van der Waals surface area contributed by atoms with Gasteiger partial charge in [0.15, 0.2) is 6.04 Å². The van der Waals surface area contributed by atoms with Crippen molar-refractivity contribution in [2.24, 2.45) is 17.8 Å². The molecule has 2 aliphatic rings. The molecule has 3 unspecified atom stereocenters. The molecule has 1 aliphatic carbocycles. The summed E-state index contributed by atoms with van der Waals surface area (Å²) in [6.45, 7) is 6.64. The lowest BCUT2D eigenvalue weighted by Crippen LogP contribution is -2.40. The fourth-order valence-electron chi connectivity index (χ4n) is 5.68. The van der Waals surface area contributed by atoms with E-state index in [-0.39, 0.29) is 10.6 Å². The number of benzene rings is 3. The monoisotopic (exact) mass is 617 g/mol. The molecule has 7 heteroatoms. The Morgan fingerprint density at radius 1 is 0.927 bits per heavy atom. The maximum absolute atomic E-state index is 13.6. The Hall–Kier alpha value is -3.42. The van der Waals surface area contributed by atoms with E-state index < -0.39 is 24.3 Å². The number of nitrogens with one attached hydrogen (secondary N) is 1. The van der Waals surface area contributed by atoms with E-state index in [1.807, 2.05) is 72.8 Å². The molecule has 3 aromatic carbocycles. The van der Waals surface area contributed by atoms with Crippen LogP contribution in [0.2, 0.25) is 0 Å². The van der Waals surface area contributed by atoms with E-state index in [1.165, 1.54) is 0 Å². The SMILES string of the molecule is CC1CCC(C(C)C)C(O[C@H]2OC(=O)C(Br)=C2N[C@H](C(=O)Oc2ccc(-c3ccccc3)cc2)c2ccccc2)C1. The van der Waals surface area contributed by atoms with Crippen molar-refractivity contribution in [3.8, 4) is 16.9 Å². The van der Waals surface area contributed by atoms with Gasteiger partial charge in [-0.2, -0.15) is 0 Å². The normalized spacial score (nSPS) is 23.3. The van der Waals surface area contributed by atoms with Crippen molar-refractivity contribution < 1.29 is 23.8 Å². The number of ether oxygens (including phenoxy) is 3. The van der Waals surface area contributed by atoms with Crippen LogP contribution in [0.25, 0.3) is 11.1 Å². The fourth-order valence-corrected chi connectivity index (χ4v) is 6.07. The van der Waals surface area contributed by atoms with Crippen molar-refractivity contribution in [1.29, 1.82) is 0 Å². The molecule has 214 valence electrons. The predicted octanol–water partition coefficient (Wildman–Crippen LogP) is 7.56. The molecule has 0 aromatic heterocycles. The van der Waals surface area contributed by atoms with E-state index in [0.717, 1.165) is 30.4 Å². The van der Waals surface area contributed by atoms with Crippen molar-refractivity contribution in [3.63, 3.8) is 0 Å². The molecule has 41 heavy (non-hydrogen) atoms. The van der Waals surface area contributed by atoms with Crippen LogP contribution in [0.4, 0.5) is 0 Å². The van der Waals surface area contributed by atoms with Gasteiger partial charge in [0.1, 0.15) is 15.9 Å². The van der Waals surface area contributed by atoms with Crippen molar-refractivity contribution in [2.45, 2.75) is 58.5 Å². The third-order valence-electron chi connectivity index (χ3n) is 7.97. The highest BCUT2D eigenvalue weighted by atomic mass is 79.9. The highest BCUT2D eigenvalue weighted by molar-refractivity contribution is 9.12. The zero-order valence-corrected chi connectivity index (χ0v) is 25.2. The van der Waals surface area contributed by atoms with Gasteiger partial charge >= 0.3 is 11.9 Å². The molecule has 1 fully saturated rings. The summed E-state index contributed by atoms with van der Waals surface area (Å²) in [4.78, 5) is 26.3. The molecular formula is C34H36BrNO5. The smallest absolute Gasteiger partial charge is 0.349 e. The van der Waals surface area contributed by atoms with E-state index in [1.54, 1.807) is 12.1 Å². The first-order valence-electron chi connectivity index (χ1n) is 14.2. The first-order valence-corrected chi connectivity index (χ1v) is 15.0. The van der Waals surface area contributed by atoms with Crippen LogP contribution in [0.1, 0.15) is 51.6 Å². The lowest BCUT2D eigenvalue weighted by Gasteiger charge is -2.38. The van der Waals surface area contributed by atoms with Gasteiger partial charge in [-0.1, -0.05) is 100.0 Å². The number of cyclic esters (lactones) is 1. The second kappa shape index (κ2) is 13.0. The highest BCUT2D eigenvalue weighted by Crippen LogP contribution is 2.38. The van der Waals surface area contributed by atoms with Gasteiger partial charge in [0, 0.05) is 0 Å². The molecule has 5 rings (SSSR count). The second-order valence-electron chi connectivity index (χ2n) is 11.3. The summed E-state index contributed by atoms with van der Waals surface area (Å²) in [5.41, 5.74) is 3.18. The maximum Gasteiger partial charge on any atom is 0.349 e. The molecule has 0 saturated heterocycles. The standard InChI is InChI=1S/C34H36BrNO5/c1-21(2)27-19-14-22(3)20-28(27)40-34-31(29(35)32(37)41-34)36-30(25-12-8-5-9-13-25)33(38)39-26-17-15-24(16-18-26)23-10-6-4-7-11-23/h4-13,15-18,21-22,27-28,30,34,36H,14,19-20H2,1-3H3/t22?,27?,28?,30-,34-/m0/s1. The highest BCUT2D eigenvalue weighted by Gasteiger charge is 2.41. The summed E-state index contributed by atoms with van der Waals surface area (Å²) in [5.74, 6) is 0.706. The summed E-state index contributed by atoms with van der Waals surface area (Å²) in [6.07, 6.45) is 2.12. The van der Waals surface area contributed by atoms with E-state index in [9.17, 15) is 9.59 Å². The molecular weight excluding hydrogens is 582 g/mol. The number of hydrogen-bond donors (Lipinski definition) is 1. The number of carbonyl (C=O) groups excluding carboxylic acids is 2. The average molecular weight is 619 g/mol. The summed E-state index contributed by atoms with van der Waals surface area (Å²) in [6, 6.07) is 25.8. The van der Waals surface area contributed by atoms with E-state index >= 15 is 0 Å². The molecule has 3 aromatic rings. The van der Waals surface area contributed by atoms with Gasteiger partial charge < -0.3 is 19.5 Å². The van der Waals surface area contributed by atoms with Gasteiger partial charge in [-0.3, -0.25) is 0 Å². The Labute approximate surface area is 250 Å². The van der Waals surface area contributed by atoms with Gasteiger partial charge in [-0.25, -0.2) is 9.59 Å². The summed E-state index contributed by atoms with van der Waals surface area (Å²) in [7, 11) is 0. The van der Waals surface area contributed by atoms with Crippen molar-refractivity contribution in [2.75, 3.05) is 0 Å². The Morgan fingerprint density at radius 3 is 2.22 bits per heavy atom. The molecule has 1 aliphatic heterocycles. The first-order chi connectivity index (χ1) is 19.8. The van der Waals surface area contributed by atoms with E-state index in [4.69, 9.17) is 14.2 Å². The number of hydrogen-bond acceptors (Lipinski definition) is 6. The molecule has 0 radical (unpaired) electrons. The largest absolute Gasteiger partial charge is 0.426 e. The second-order valence-corrected chi connectivity index (χ2v) is 12.1. The Bertz CT molecular complexity index is 1370.